The van der Waals surface area contributed by atoms with Gasteiger partial charge < -0.3 is 21.3 Å². The third-order valence-electron chi connectivity index (χ3n) is 4.32. The van der Waals surface area contributed by atoms with E-state index in [4.69, 9.17) is 5.73 Å². The lowest BCUT2D eigenvalue weighted by molar-refractivity contribution is -0.119. The van der Waals surface area contributed by atoms with Crippen LogP contribution in [0.3, 0.4) is 0 Å². The van der Waals surface area contributed by atoms with E-state index in [0.717, 1.165) is 25.0 Å². The van der Waals surface area contributed by atoms with Gasteiger partial charge in [-0.3, -0.25) is 9.59 Å². The molecule has 1 unspecified atom stereocenters. The molecule has 0 bridgehead atoms. The van der Waals surface area contributed by atoms with Crippen LogP contribution in [-0.2, 0) is 9.59 Å². The summed E-state index contributed by atoms with van der Waals surface area (Å²) in [4.78, 5) is 29.4. The summed E-state index contributed by atoms with van der Waals surface area (Å²) in [6.45, 7) is 3.39. The number of piperidine rings is 1. The Balaban J connectivity index is 0.00000420. The summed E-state index contributed by atoms with van der Waals surface area (Å²) in [5.41, 5.74) is 4.82. The van der Waals surface area contributed by atoms with Gasteiger partial charge in [-0.2, -0.15) is 0 Å². The first kappa shape index (κ1) is 25.0. The molecule has 0 saturated carbocycles. The molecule has 1 aliphatic rings. The SMILES string of the molecule is CCNC(=NCC(=O)Nc1ccc(F)c(F)c1F)N1CCCC(CC(N)=O)C1.I. The number of carbonyl (C=O) groups is 2. The molecule has 0 aromatic heterocycles. The lowest BCUT2D eigenvalue weighted by Crippen LogP contribution is -2.47. The van der Waals surface area contributed by atoms with Crippen molar-refractivity contribution in [2.75, 3.05) is 31.5 Å². The highest BCUT2D eigenvalue weighted by molar-refractivity contribution is 14.0. The van der Waals surface area contributed by atoms with Crippen molar-refractivity contribution in [2.45, 2.75) is 26.2 Å². The summed E-state index contributed by atoms with van der Waals surface area (Å²) in [5.74, 6) is -4.89. The second-order valence-electron chi connectivity index (χ2n) is 6.57. The van der Waals surface area contributed by atoms with E-state index >= 15 is 0 Å². The Morgan fingerprint density at radius 2 is 2.00 bits per heavy atom. The van der Waals surface area contributed by atoms with E-state index in [1.165, 1.54) is 0 Å². The van der Waals surface area contributed by atoms with E-state index in [0.29, 0.717) is 25.6 Å². The molecule has 29 heavy (non-hydrogen) atoms. The lowest BCUT2D eigenvalue weighted by atomic mass is 9.95. The third-order valence-corrected chi connectivity index (χ3v) is 4.32. The van der Waals surface area contributed by atoms with Crippen molar-refractivity contribution in [2.24, 2.45) is 16.6 Å². The smallest absolute Gasteiger partial charge is 0.246 e. The standard InChI is InChI=1S/C18H24F3N5O2.HI/c1-2-23-18(26-7-3-4-11(10-26)8-14(22)27)24-9-15(28)25-13-6-5-12(19)16(20)17(13)21;/h5-6,11H,2-4,7-10H2,1H3,(H2,22,27)(H,23,24)(H,25,28);1H. The number of amides is 2. The third kappa shape index (κ3) is 7.37. The van der Waals surface area contributed by atoms with Crippen LogP contribution < -0.4 is 16.4 Å². The summed E-state index contributed by atoms with van der Waals surface area (Å²) in [7, 11) is 0. The molecule has 2 amide bonds. The first-order chi connectivity index (χ1) is 13.3. The minimum Gasteiger partial charge on any atom is -0.370 e. The molecule has 1 heterocycles. The molecule has 1 aliphatic heterocycles. The molecule has 11 heteroatoms. The van der Waals surface area contributed by atoms with Crippen molar-refractivity contribution in [1.82, 2.24) is 10.2 Å². The Labute approximate surface area is 184 Å². The molecule has 0 radical (unpaired) electrons. The van der Waals surface area contributed by atoms with Gasteiger partial charge >= 0.3 is 0 Å². The van der Waals surface area contributed by atoms with Crippen LogP contribution in [0.5, 0.6) is 0 Å². The topological polar surface area (TPSA) is 99.8 Å². The quantitative estimate of drug-likeness (QED) is 0.229. The maximum Gasteiger partial charge on any atom is 0.246 e. The number of guanidine groups is 1. The zero-order valence-corrected chi connectivity index (χ0v) is 18.3. The number of primary amides is 1. The van der Waals surface area contributed by atoms with Gasteiger partial charge in [-0.1, -0.05) is 0 Å². The minimum atomic E-state index is -1.65. The van der Waals surface area contributed by atoms with E-state index in [9.17, 15) is 22.8 Å². The zero-order valence-electron chi connectivity index (χ0n) is 16.0. The number of nitrogens with zero attached hydrogens (tertiary/aromatic N) is 2. The molecule has 1 aromatic rings. The van der Waals surface area contributed by atoms with Gasteiger partial charge in [0.2, 0.25) is 11.8 Å². The molecule has 1 atom stereocenters. The largest absolute Gasteiger partial charge is 0.370 e. The van der Waals surface area contributed by atoms with Crippen LogP contribution in [0.1, 0.15) is 26.2 Å². The predicted octanol–water partition coefficient (Wildman–Crippen LogP) is 2.21. The second kappa shape index (κ2) is 11.8. The predicted molar refractivity (Wildman–Crippen MR) is 114 cm³/mol. The molecule has 2 rings (SSSR count). The van der Waals surface area contributed by atoms with Gasteiger partial charge in [0.25, 0.3) is 0 Å². The van der Waals surface area contributed by atoms with E-state index < -0.39 is 29.0 Å². The summed E-state index contributed by atoms with van der Waals surface area (Å²) in [6.07, 6.45) is 2.02. The highest BCUT2D eigenvalue weighted by Gasteiger charge is 2.24. The Kier molecular flexibility index (Phi) is 10.2. The van der Waals surface area contributed by atoms with Crippen molar-refractivity contribution < 1.29 is 22.8 Å². The number of rotatable bonds is 6. The Morgan fingerprint density at radius 1 is 1.28 bits per heavy atom. The number of carbonyl (C=O) groups excluding carboxylic acids is 2. The zero-order chi connectivity index (χ0) is 20.7. The minimum absolute atomic E-state index is 0. The molecule has 7 nitrogen and oxygen atoms in total. The fourth-order valence-corrected chi connectivity index (χ4v) is 3.09. The van der Waals surface area contributed by atoms with E-state index in [2.05, 4.69) is 15.6 Å². The normalized spacial score (nSPS) is 16.8. The fourth-order valence-electron chi connectivity index (χ4n) is 3.09. The number of nitrogens with one attached hydrogen (secondary N) is 2. The van der Waals surface area contributed by atoms with Gasteiger partial charge in [0.15, 0.2) is 23.4 Å². The molecular weight excluding hydrogens is 502 g/mol. The Bertz CT molecular complexity index is 763. The first-order valence-electron chi connectivity index (χ1n) is 9.06. The number of nitrogens with two attached hydrogens (primary N) is 1. The monoisotopic (exact) mass is 527 g/mol. The number of hydrogen-bond donors (Lipinski definition) is 3. The Hall–Kier alpha value is -2.05. The van der Waals surface area contributed by atoms with Crippen molar-refractivity contribution in [3.05, 3.63) is 29.6 Å². The van der Waals surface area contributed by atoms with Crippen molar-refractivity contribution >= 4 is 47.4 Å². The molecule has 1 fully saturated rings. The van der Waals surface area contributed by atoms with Crippen molar-refractivity contribution in [3.8, 4) is 0 Å². The molecular formula is C18H25F3IN5O2. The van der Waals surface area contributed by atoms with Crippen LogP contribution in [0.25, 0.3) is 0 Å². The molecule has 1 aromatic carbocycles. The maximum absolute atomic E-state index is 13.7. The van der Waals surface area contributed by atoms with Gasteiger partial charge in [0.05, 0.1) is 5.69 Å². The van der Waals surface area contributed by atoms with Gasteiger partial charge in [-0.15, -0.1) is 24.0 Å². The lowest BCUT2D eigenvalue weighted by Gasteiger charge is -2.34. The highest BCUT2D eigenvalue weighted by atomic mass is 127. The fraction of sp³-hybridized carbons (Fsp3) is 0.500. The highest BCUT2D eigenvalue weighted by Crippen LogP contribution is 2.20. The van der Waals surface area contributed by atoms with Gasteiger partial charge in [0, 0.05) is 26.1 Å². The molecule has 0 aliphatic carbocycles. The second-order valence-corrected chi connectivity index (χ2v) is 6.57. The van der Waals surface area contributed by atoms with Crippen LogP contribution in [0, 0.1) is 23.4 Å². The van der Waals surface area contributed by atoms with Crippen LogP contribution in [0.2, 0.25) is 0 Å². The van der Waals surface area contributed by atoms with E-state index in [1.807, 2.05) is 11.8 Å². The molecule has 162 valence electrons. The maximum atomic E-state index is 13.7. The molecule has 0 spiro atoms. The number of aliphatic imine (C=N–C) groups is 1. The molecule has 1 saturated heterocycles. The first-order valence-corrected chi connectivity index (χ1v) is 9.06. The van der Waals surface area contributed by atoms with Crippen LogP contribution >= 0.6 is 24.0 Å². The summed E-state index contributed by atoms with van der Waals surface area (Å²) >= 11 is 0. The van der Waals surface area contributed by atoms with Crippen molar-refractivity contribution in [1.29, 1.82) is 0 Å². The number of hydrogen-bond acceptors (Lipinski definition) is 3. The summed E-state index contributed by atoms with van der Waals surface area (Å²) in [6, 6.07) is 1.67. The average Bonchev–Trinajstić information content (AvgIpc) is 2.65. The summed E-state index contributed by atoms with van der Waals surface area (Å²) < 4.78 is 39.9. The van der Waals surface area contributed by atoms with E-state index in [1.54, 1.807) is 0 Å². The van der Waals surface area contributed by atoms with E-state index in [-0.39, 0.29) is 48.8 Å². The van der Waals surface area contributed by atoms with Crippen molar-refractivity contribution in [3.63, 3.8) is 0 Å². The average molecular weight is 527 g/mol. The molecule has 4 N–H and O–H groups in total. The number of benzene rings is 1. The van der Waals surface area contributed by atoms with Gasteiger partial charge in [0.1, 0.15) is 6.54 Å². The van der Waals surface area contributed by atoms with Crippen LogP contribution in [0.4, 0.5) is 18.9 Å². The Morgan fingerprint density at radius 3 is 2.66 bits per heavy atom. The summed E-state index contributed by atoms with van der Waals surface area (Å²) in [5, 5.41) is 5.25. The van der Waals surface area contributed by atoms with Crippen LogP contribution in [-0.4, -0.2) is 48.9 Å². The van der Waals surface area contributed by atoms with Gasteiger partial charge in [-0.05, 0) is 37.8 Å². The van der Waals surface area contributed by atoms with Crippen LogP contribution in [0.15, 0.2) is 17.1 Å². The van der Waals surface area contributed by atoms with Gasteiger partial charge in [-0.25, -0.2) is 18.2 Å². The number of likely N-dealkylation sites (tertiary alicyclic amines) is 1. The number of anilines is 1. The number of halogens is 4.